The fourth-order valence-electron chi connectivity index (χ4n) is 3.92. The van der Waals surface area contributed by atoms with Gasteiger partial charge in [0.1, 0.15) is 0 Å². The summed E-state index contributed by atoms with van der Waals surface area (Å²) in [5.41, 5.74) is 10.0. The molecule has 0 radical (unpaired) electrons. The van der Waals surface area contributed by atoms with Gasteiger partial charge in [0.05, 0.1) is 28.1 Å². The molecule has 2 amide bonds. The number of benzene rings is 1. The molecule has 1 fully saturated rings. The Kier molecular flexibility index (Phi) is 5.42. The molecule has 3 aromatic rings. The molecule has 2 aromatic heterocycles. The molecule has 1 saturated heterocycles. The smallest absolute Gasteiger partial charge is 0.313 e. The van der Waals surface area contributed by atoms with E-state index < -0.39 is 11.8 Å². The molecule has 3 N–H and O–H groups in total. The van der Waals surface area contributed by atoms with E-state index in [0.29, 0.717) is 23.3 Å². The van der Waals surface area contributed by atoms with Crippen LogP contribution in [0.4, 0.5) is 10.8 Å². The monoisotopic (exact) mass is 423 g/mol. The lowest BCUT2D eigenvalue weighted by Gasteiger charge is -2.38. The number of nitrogen functional groups attached to an aromatic ring is 1. The van der Waals surface area contributed by atoms with Crippen molar-refractivity contribution in [1.82, 2.24) is 14.9 Å². The van der Waals surface area contributed by atoms with Gasteiger partial charge in [-0.15, -0.1) is 0 Å². The first kappa shape index (κ1) is 20.3. The molecule has 1 aliphatic heterocycles. The highest BCUT2D eigenvalue weighted by atomic mass is 32.1. The summed E-state index contributed by atoms with van der Waals surface area (Å²) >= 11 is 1.44. The van der Waals surface area contributed by atoms with Crippen molar-refractivity contribution in [2.75, 3.05) is 17.6 Å². The average molecular weight is 424 g/mol. The maximum Gasteiger partial charge on any atom is 0.313 e. The first-order chi connectivity index (χ1) is 14.3. The Bertz CT molecular complexity index is 1130. The van der Waals surface area contributed by atoms with Crippen LogP contribution in [0.5, 0.6) is 0 Å². The van der Waals surface area contributed by atoms with E-state index in [9.17, 15) is 9.59 Å². The Morgan fingerprint density at radius 2 is 2.03 bits per heavy atom. The van der Waals surface area contributed by atoms with Gasteiger partial charge in [0.25, 0.3) is 0 Å². The normalized spacial score (nSPS) is 19.1. The van der Waals surface area contributed by atoms with E-state index in [0.717, 1.165) is 39.9 Å². The molecule has 2 atom stereocenters. The number of fused-ring (bicyclic) bond motifs is 1. The molecule has 3 heterocycles. The first-order valence-electron chi connectivity index (χ1n) is 10.0. The number of nitrogens with one attached hydrogen (secondary N) is 1. The molecule has 8 heteroatoms. The van der Waals surface area contributed by atoms with Crippen LogP contribution in [0.1, 0.15) is 42.6 Å². The van der Waals surface area contributed by atoms with Gasteiger partial charge in [0.2, 0.25) is 0 Å². The summed E-state index contributed by atoms with van der Waals surface area (Å²) in [6, 6.07) is 7.63. The number of hydrogen-bond donors (Lipinski definition) is 2. The van der Waals surface area contributed by atoms with Crippen molar-refractivity contribution in [3.05, 3.63) is 47.3 Å². The highest BCUT2D eigenvalue weighted by Gasteiger charge is 2.34. The van der Waals surface area contributed by atoms with Crippen LogP contribution in [0.25, 0.3) is 10.2 Å². The van der Waals surface area contributed by atoms with Crippen molar-refractivity contribution in [1.29, 1.82) is 0 Å². The zero-order valence-corrected chi connectivity index (χ0v) is 18.1. The lowest BCUT2D eigenvalue weighted by molar-refractivity contribution is -0.146. The second kappa shape index (κ2) is 8.02. The molecule has 0 bridgehead atoms. The number of pyridine rings is 1. The van der Waals surface area contributed by atoms with E-state index in [-0.39, 0.29) is 6.04 Å². The molecule has 30 heavy (non-hydrogen) atoms. The van der Waals surface area contributed by atoms with E-state index in [1.54, 1.807) is 11.1 Å². The summed E-state index contributed by atoms with van der Waals surface area (Å²) in [7, 11) is 0. The molecule has 0 spiro atoms. The van der Waals surface area contributed by atoms with Crippen LogP contribution in [0.15, 0.2) is 30.5 Å². The minimum Gasteiger partial charge on any atom is -0.375 e. The Labute approximate surface area is 179 Å². The van der Waals surface area contributed by atoms with Gasteiger partial charge in [-0.2, -0.15) is 0 Å². The van der Waals surface area contributed by atoms with E-state index in [2.05, 4.69) is 22.2 Å². The van der Waals surface area contributed by atoms with Crippen LogP contribution in [-0.2, 0) is 9.59 Å². The number of hydrogen-bond acceptors (Lipinski definition) is 6. The Balaban J connectivity index is 1.58. The summed E-state index contributed by atoms with van der Waals surface area (Å²) in [6.45, 7) is 6.47. The van der Waals surface area contributed by atoms with Crippen LogP contribution >= 0.6 is 11.3 Å². The van der Waals surface area contributed by atoms with E-state index in [4.69, 9.17) is 5.73 Å². The number of carbonyl (C=O) groups is 2. The number of thiazole rings is 1. The summed E-state index contributed by atoms with van der Waals surface area (Å²) in [5, 5.41) is 3.23. The largest absolute Gasteiger partial charge is 0.375 e. The van der Waals surface area contributed by atoms with Crippen LogP contribution in [0.3, 0.4) is 0 Å². The Morgan fingerprint density at radius 1 is 1.23 bits per heavy atom. The maximum absolute atomic E-state index is 13.1. The number of anilines is 2. The van der Waals surface area contributed by atoms with E-state index in [1.165, 1.54) is 11.3 Å². The zero-order valence-electron chi connectivity index (χ0n) is 17.3. The summed E-state index contributed by atoms with van der Waals surface area (Å²) in [5.74, 6) is -0.833. The molecule has 4 rings (SSSR count). The molecule has 156 valence electrons. The minimum absolute atomic E-state index is 0.162. The van der Waals surface area contributed by atoms with Gasteiger partial charge in [0, 0.05) is 12.2 Å². The van der Waals surface area contributed by atoms with Gasteiger partial charge in [-0.25, -0.2) is 4.98 Å². The van der Waals surface area contributed by atoms with Crippen molar-refractivity contribution >= 4 is 44.2 Å². The number of amides is 2. The topological polar surface area (TPSA) is 101 Å². The number of piperidine rings is 1. The fourth-order valence-corrected chi connectivity index (χ4v) is 4.63. The molecule has 1 aromatic carbocycles. The number of rotatable bonds is 2. The lowest BCUT2D eigenvalue weighted by atomic mass is 9.89. The van der Waals surface area contributed by atoms with Crippen LogP contribution in [0, 0.1) is 19.8 Å². The molecular formula is C22H25N5O2S. The van der Waals surface area contributed by atoms with Crippen molar-refractivity contribution in [3.8, 4) is 0 Å². The van der Waals surface area contributed by atoms with Crippen LogP contribution in [0.2, 0.25) is 0 Å². The summed E-state index contributed by atoms with van der Waals surface area (Å²) < 4.78 is 1.01. The number of carbonyl (C=O) groups excluding carboxylic acids is 2. The highest BCUT2D eigenvalue weighted by Crippen LogP contribution is 2.35. The van der Waals surface area contributed by atoms with Crippen LogP contribution in [-0.4, -0.2) is 33.2 Å². The van der Waals surface area contributed by atoms with Gasteiger partial charge in [-0.1, -0.05) is 24.3 Å². The Hall–Kier alpha value is -3.00. The van der Waals surface area contributed by atoms with Gasteiger partial charge in [0.15, 0.2) is 5.13 Å². The molecule has 0 aliphatic carbocycles. The summed E-state index contributed by atoms with van der Waals surface area (Å²) in [4.78, 5) is 36.2. The second-order valence-corrected chi connectivity index (χ2v) is 9.08. The van der Waals surface area contributed by atoms with Gasteiger partial charge < -0.3 is 16.0 Å². The summed E-state index contributed by atoms with van der Waals surface area (Å²) in [6.07, 6.45) is 3.37. The van der Waals surface area contributed by atoms with Crippen LogP contribution < -0.4 is 11.1 Å². The van der Waals surface area contributed by atoms with Gasteiger partial charge in [-0.05, 0) is 61.9 Å². The second-order valence-electron chi connectivity index (χ2n) is 8.02. The molecular weight excluding hydrogens is 398 g/mol. The third-order valence-corrected chi connectivity index (χ3v) is 6.55. The average Bonchev–Trinajstić information content (AvgIpc) is 3.09. The van der Waals surface area contributed by atoms with Gasteiger partial charge in [-0.3, -0.25) is 14.6 Å². The number of nitrogens with zero attached hydrogens (tertiary/aromatic N) is 3. The third-order valence-electron chi connectivity index (χ3n) is 5.68. The lowest BCUT2D eigenvalue weighted by Crippen LogP contribution is -2.46. The number of aryl methyl sites for hydroxylation is 2. The highest BCUT2D eigenvalue weighted by molar-refractivity contribution is 7.22. The molecule has 2 unspecified atom stereocenters. The molecule has 7 nitrogen and oxygen atoms in total. The third kappa shape index (κ3) is 4.00. The van der Waals surface area contributed by atoms with Crippen molar-refractivity contribution in [3.63, 3.8) is 0 Å². The SMILES string of the molecule is Cc1cc(NC(=O)C(=O)N2CC(C)CCC2c2ccc3sc(N)nc3c2)cnc1C. The molecule has 0 saturated carbocycles. The maximum atomic E-state index is 13.1. The zero-order chi connectivity index (χ0) is 21.4. The number of nitrogens with two attached hydrogens (primary N) is 1. The van der Waals surface area contributed by atoms with E-state index >= 15 is 0 Å². The number of aromatic nitrogens is 2. The fraction of sp³-hybridized carbons (Fsp3) is 0.364. The predicted molar refractivity (Wildman–Crippen MR) is 119 cm³/mol. The first-order valence-corrected chi connectivity index (χ1v) is 10.8. The quantitative estimate of drug-likeness (QED) is 0.610. The van der Waals surface area contributed by atoms with Crippen molar-refractivity contribution in [2.45, 2.75) is 39.7 Å². The van der Waals surface area contributed by atoms with Crippen molar-refractivity contribution < 1.29 is 9.59 Å². The van der Waals surface area contributed by atoms with Crippen molar-refractivity contribution in [2.24, 2.45) is 5.92 Å². The van der Waals surface area contributed by atoms with Gasteiger partial charge >= 0.3 is 11.8 Å². The van der Waals surface area contributed by atoms with E-state index in [1.807, 2.05) is 38.1 Å². The molecule has 1 aliphatic rings. The Morgan fingerprint density at radius 3 is 2.80 bits per heavy atom. The standard InChI is InChI=1S/C22H25N5O2S/c1-12-4-6-18(15-5-7-19-17(9-15)26-22(23)30-19)27(11-12)21(29)20(28)25-16-8-13(2)14(3)24-10-16/h5,7-10,12,18H,4,6,11H2,1-3H3,(H2,23,26)(H,25,28). The number of likely N-dealkylation sites (tertiary alicyclic amines) is 1. The predicted octanol–water partition coefficient (Wildman–Crippen LogP) is 3.83. The minimum atomic E-state index is -0.641.